The molecule has 132 valence electrons. The third-order valence-electron chi connectivity index (χ3n) is 3.72. The number of nitrogens with zero attached hydrogens (tertiary/aromatic N) is 3. The number of carbonyl (C=O) groups is 1. The lowest BCUT2D eigenvalue weighted by atomic mass is 10.2. The second-order valence-corrected chi connectivity index (χ2v) is 6.22. The molecule has 0 radical (unpaired) electrons. The summed E-state index contributed by atoms with van der Waals surface area (Å²) in [6.07, 6.45) is 3.37. The smallest absolute Gasteiger partial charge is 0.270 e. The maximum absolute atomic E-state index is 12.4. The van der Waals surface area contributed by atoms with Crippen LogP contribution in [0.25, 0.3) is 0 Å². The molecule has 1 amide bonds. The Bertz CT molecular complexity index is 930. The van der Waals surface area contributed by atoms with Crippen molar-refractivity contribution in [2.75, 3.05) is 5.32 Å². The third-order valence-corrected chi connectivity index (χ3v) is 4.12. The fourth-order valence-electron chi connectivity index (χ4n) is 2.34. The molecule has 7 heteroatoms. The molecule has 6 nitrogen and oxygen atoms in total. The van der Waals surface area contributed by atoms with Gasteiger partial charge in [-0.3, -0.25) is 9.78 Å². The number of carbonyl (C=O) groups excluding carboxylic acids is 1. The summed E-state index contributed by atoms with van der Waals surface area (Å²) in [6, 6.07) is 10.9. The van der Waals surface area contributed by atoms with Crippen LogP contribution in [-0.4, -0.2) is 20.9 Å². The van der Waals surface area contributed by atoms with Crippen LogP contribution in [0.1, 0.15) is 27.4 Å². The zero-order valence-electron chi connectivity index (χ0n) is 14.5. The van der Waals surface area contributed by atoms with Crippen molar-refractivity contribution in [3.63, 3.8) is 0 Å². The third kappa shape index (κ3) is 4.55. The Kier molecular flexibility index (Phi) is 5.43. The topological polar surface area (TPSA) is 79.8 Å². The Morgan fingerprint density at radius 2 is 1.85 bits per heavy atom. The lowest BCUT2D eigenvalue weighted by molar-refractivity contribution is 0.0945. The molecular formula is C19H18ClN5O. The highest BCUT2D eigenvalue weighted by Crippen LogP contribution is 2.22. The number of hydrogen-bond acceptors (Lipinski definition) is 5. The number of amides is 1. The van der Waals surface area contributed by atoms with E-state index in [1.165, 1.54) is 0 Å². The van der Waals surface area contributed by atoms with E-state index in [1.807, 2.05) is 37.3 Å². The SMILES string of the molecule is Cc1nc(Nc2ccc(C)c(Cl)c2)cc(C(=O)NCc2ccncc2)n1. The standard InChI is InChI=1S/C19H18ClN5O/c1-12-3-4-15(9-16(12)20)25-18-10-17(23-13(2)24-18)19(26)22-11-14-5-7-21-8-6-14/h3-10H,11H2,1-2H3,(H,22,26)(H,23,24,25). The summed E-state index contributed by atoms with van der Waals surface area (Å²) in [7, 11) is 0. The molecule has 0 aliphatic rings. The molecule has 0 spiro atoms. The molecule has 0 bridgehead atoms. The molecule has 26 heavy (non-hydrogen) atoms. The first-order chi connectivity index (χ1) is 12.5. The largest absolute Gasteiger partial charge is 0.347 e. The number of halogens is 1. The van der Waals surface area contributed by atoms with E-state index in [0.29, 0.717) is 28.9 Å². The molecule has 3 rings (SSSR count). The van der Waals surface area contributed by atoms with Crippen molar-refractivity contribution in [2.24, 2.45) is 0 Å². The van der Waals surface area contributed by atoms with Crippen LogP contribution in [0.15, 0.2) is 48.8 Å². The highest BCUT2D eigenvalue weighted by Gasteiger charge is 2.11. The first-order valence-electron chi connectivity index (χ1n) is 8.07. The number of benzene rings is 1. The van der Waals surface area contributed by atoms with Gasteiger partial charge in [0.15, 0.2) is 0 Å². The number of anilines is 2. The molecule has 0 unspecified atom stereocenters. The minimum absolute atomic E-state index is 0.266. The molecule has 2 N–H and O–H groups in total. The van der Waals surface area contributed by atoms with Crippen molar-refractivity contribution < 1.29 is 4.79 Å². The van der Waals surface area contributed by atoms with Crippen LogP contribution >= 0.6 is 11.6 Å². The Balaban J connectivity index is 1.74. The van der Waals surface area contributed by atoms with Gasteiger partial charge in [-0.2, -0.15) is 0 Å². The van der Waals surface area contributed by atoms with E-state index in [0.717, 1.165) is 16.8 Å². The quantitative estimate of drug-likeness (QED) is 0.716. The summed E-state index contributed by atoms with van der Waals surface area (Å²) in [5, 5.41) is 6.67. The number of hydrogen-bond donors (Lipinski definition) is 2. The molecule has 0 atom stereocenters. The van der Waals surface area contributed by atoms with Gasteiger partial charge in [0.1, 0.15) is 17.3 Å². The molecule has 0 saturated carbocycles. The van der Waals surface area contributed by atoms with Crippen LogP contribution in [-0.2, 0) is 6.54 Å². The lowest BCUT2D eigenvalue weighted by Gasteiger charge is -2.10. The second-order valence-electron chi connectivity index (χ2n) is 5.81. The molecule has 3 aromatic rings. The predicted molar refractivity (Wildman–Crippen MR) is 102 cm³/mol. The number of nitrogens with one attached hydrogen (secondary N) is 2. The fraction of sp³-hybridized carbons (Fsp3) is 0.158. The van der Waals surface area contributed by atoms with Gasteiger partial charge in [0.25, 0.3) is 5.91 Å². The number of rotatable bonds is 5. The highest BCUT2D eigenvalue weighted by atomic mass is 35.5. The normalized spacial score (nSPS) is 10.4. The van der Waals surface area contributed by atoms with Gasteiger partial charge in [0.05, 0.1) is 0 Å². The summed E-state index contributed by atoms with van der Waals surface area (Å²) < 4.78 is 0. The summed E-state index contributed by atoms with van der Waals surface area (Å²) in [6.45, 7) is 4.08. The Hall–Kier alpha value is -2.99. The lowest BCUT2D eigenvalue weighted by Crippen LogP contribution is -2.24. The van der Waals surface area contributed by atoms with E-state index in [1.54, 1.807) is 25.4 Å². The molecule has 1 aromatic carbocycles. The van der Waals surface area contributed by atoms with E-state index in [4.69, 9.17) is 11.6 Å². The molecule has 0 fully saturated rings. The number of aryl methyl sites for hydroxylation is 2. The van der Waals surface area contributed by atoms with Crippen molar-refractivity contribution in [1.29, 1.82) is 0 Å². The Labute approximate surface area is 156 Å². The summed E-state index contributed by atoms with van der Waals surface area (Å²) in [5.41, 5.74) is 3.05. The van der Waals surface area contributed by atoms with Gasteiger partial charge < -0.3 is 10.6 Å². The van der Waals surface area contributed by atoms with E-state index >= 15 is 0 Å². The number of aromatic nitrogens is 3. The van der Waals surface area contributed by atoms with Crippen LogP contribution in [0.2, 0.25) is 5.02 Å². The van der Waals surface area contributed by atoms with Gasteiger partial charge in [0, 0.05) is 35.7 Å². The first kappa shape index (κ1) is 17.8. The predicted octanol–water partition coefficient (Wildman–Crippen LogP) is 3.82. The van der Waals surface area contributed by atoms with Crippen LogP contribution in [0, 0.1) is 13.8 Å². The summed E-state index contributed by atoms with van der Waals surface area (Å²) >= 11 is 6.15. The van der Waals surface area contributed by atoms with Gasteiger partial charge in [-0.25, -0.2) is 9.97 Å². The van der Waals surface area contributed by atoms with Crippen LogP contribution in [0.4, 0.5) is 11.5 Å². The van der Waals surface area contributed by atoms with Crippen molar-refractivity contribution in [2.45, 2.75) is 20.4 Å². The molecule has 0 aliphatic heterocycles. The fourth-order valence-corrected chi connectivity index (χ4v) is 2.52. The zero-order chi connectivity index (χ0) is 18.5. The molecule has 0 aliphatic carbocycles. The number of pyridine rings is 1. The van der Waals surface area contributed by atoms with Crippen molar-refractivity contribution in [1.82, 2.24) is 20.3 Å². The Morgan fingerprint density at radius 1 is 1.08 bits per heavy atom. The van der Waals surface area contributed by atoms with Crippen molar-refractivity contribution in [3.05, 3.63) is 76.5 Å². The second kappa shape index (κ2) is 7.93. The first-order valence-corrected chi connectivity index (χ1v) is 8.45. The van der Waals surface area contributed by atoms with Gasteiger partial charge in [-0.1, -0.05) is 17.7 Å². The van der Waals surface area contributed by atoms with E-state index in [9.17, 15) is 4.79 Å². The molecule has 0 saturated heterocycles. The van der Waals surface area contributed by atoms with E-state index in [-0.39, 0.29) is 5.91 Å². The minimum Gasteiger partial charge on any atom is -0.347 e. The highest BCUT2D eigenvalue weighted by molar-refractivity contribution is 6.31. The van der Waals surface area contributed by atoms with Crippen molar-refractivity contribution in [3.8, 4) is 0 Å². The van der Waals surface area contributed by atoms with Gasteiger partial charge in [0.2, 0.25) is 0 Å². The Morgan fingerprint density at radius 3 is 2.58 bits per heavy atom. The van der Waals surface area contributed by atoms with Crippen LogP contribution in [0.3, 0.4) is 0 Å². The van der Waals surface area contributed by atoms with Gasteiger partial charge in [-0.15, -0.1) is 0 Å². The maximum Gasteiger partial charge on any atom is 0.270 e. The van der Waals surface area contributed by atoms with E-state index in [2.05, 4.69) is 25.6 Å². The average molecular weight is 368 g/mol. The minimum atomic E-state index is -0.266. The maximum atomic E-state index is 12.4. The molecular weight excluding hydrogens is 350 g/mol. The summed E-state index contributed by atoms with van der Waals surface area (Å²) in [5.74, 6) is 0.769. The zero-order valence-corrected chi connectivity index (χ0v) is 15.2. The van der Waals surface area contributed by atoms with Gasteiger partial charge in [-0.05, 0) is 49.2 Å². The van der Waals surface area contributed by atoms with Crippen molar-refractivity contribution >= 4 is 29.0 Å². The molecule has 2 heterocycles. The average Bonchev–Trinajstić information content (AvgIpc) is 2.63. The van der Waals surface area contributed by atoms with Crippen LogP contribution in [0.5, 0.6) is 0 Å². The van der Waals surface area contributed by atoms with Gasteiger partial charge >= 0.3 is 0 Å². The monoisotopic (exact) mass is 367 g/mol. The molecule has 2 aromatic heterocycles. The summed E-state index contributed by atoms with van der Waals surface area (Å²) in [4.78, 5) is 24.9. The van der Waals surface area contributed by atoms with Crippen LogP contribution < -0.4 is 10.6 Å². The van der Waals surface area contributed by atoms with E-state index < -0.39 is 0 Å².